The summed E-state index contributed by atoms with van der Waals surface area (Å²) in [7, 11) is 1.71. The van der Waals surface area contributed by atoms with E-state index >= 15 is 0 Å². The van der Waals surface area contributed by atoms with Crippen LogP contribution in [0.15, 0.2) is 23.2 Å². The van der Waals surface area contributed by atoms with Crippen molar-refractivity contribution < 1.29 is 4.74 Å². The number of nitrogens with zero attached hydrogens (tertiary/aromatic N) is 5. The second-order valence-corrected chi connectivity index (χ2v) is 7.53. The minimum Gasteiger partial charge on any atom is -0.496 e. The molecule has 8 heteroatoms. The molecule has 3 rings (SSSR count). The Morgan fingerprint density at radius 3 is 2.68 bits per heavy atom. The molecule has 2 heterocycles. The fourth-order valence-corrected chi connectivity index (χ4v) is 3.98. The number of hydrogen-bond acceptors (Lipinski definition) is 6. The van der Waals surface area contributed by atoms with Crippen molar-refractivity contribution in [1.29, 1.82) is 0 Å². The van der Waals surface area contributed by atoms with Crippen molar-refractivity contribution in [2.75, 3.05) is 44.7 Å². The molecule has 0 spiro atoms. The fourth-order valence-electron chi connectivity index (χ4n) is 3.18. The SMILES string of the molecule is CCNC(=NCc1ccc(C)c(OC)c1)N1CCN(c2nc(CC)ns2)CC1. The molecule has 1 N–H and O–H groups in total. The monoisotopic (exact) mass is 402 g/mol. The molecule has 0 atom stereocenters. The highest BCUT2D eigenvalue weighted by atomic mass is 32.1. The largest absolute Gasteiger partial charge is 0.496 e. The third-order valence-electron chi connectivity index (χ3n) is 4.84. The van der Waals surface area contributed by atoms with Gasteiger partial charge in [-0.25, -0.2) is 9.98 Å². The summed E-state index contributed by atoms with van der Waals surface area (Å²) in [5, 5.41) is 4.46. The van der Waals surface area contributed by atoms with Gasteiger partial charge >= 0.3 is 0 Å². The van der Waals surface area contributed by atoms with Crippen LogP contribution in [0.25, 0.3) is 0 Å². The van der Waals surface area contributed by atoms with Gasteiger partial charge in [0.15, 0.2) is 5.96 Å². The smallest absolute Gasteiger partial charge is 0.205 e. The van der Waals surface area contributed by atoms with E-state index in [4.69, 9.17) is 9.73 Å². The summed E-state index contributed by atoms with van der Waals surface area (Å²) in [6.45, 7) is 11.4. The summed E-state index contributed by atoms with van der Waals surface area (Å²) in [6, 6.07) is 6.27. The Morgan fingerprint density at radius 1 is 1.25 bits per heavy atom. The molecule has 1 aliphatic heterocycles. The molecule has 152 valence electrons. The van der Waals surface area contributed by atoms with Crippen LogP contribution in [-0.2, 0) is 13.0 Å². The van der Waals surface area contributed by atoms with Crippen LogP contribution < -0.4 is 15.0 Å². The molecule has 2 aromatic rings. The number of aliphatic imine (C=N–C) groups is 1. The first-order valence-electron chi connectivity index (χ1n) is 9.88. The summed E-state index contributed by atoms with van der Waals surface area (Å²) < 4.78 is 9.84. The molecule has 0 radical (unpaired) electrons. The Morgan fingerprint density at radius 2 is 2.04 bits per heavy atom. The lowest BCUT2D eigenvalue weighted by atomic mass is 10.1. The van der Waals surface area contributed by atoms with Crippen molar-refractivity contribution in [3.05, 3.63) is 35.2 Å². The van der Waals surface area contributed by atoms with Gasteiger partial charge in [0.25, 0.3) is 0 Å². The number of hydrogen-bond donors (Lipinski definition) is 1. The van der Waals surface area contributed by atoms with Crippen LogP contribution in [0.1, 0.15) is 30.8 Å². The second-order valence-electron chi connectivity index (χ2n) is 6.79. The van der Waals surface area contributed by atoms with Crippen LogP contribution in [0.2, 0.25) is 0 Å². The highest BCUT2D eigenvalue weighted by Gasteiger charge is 2.22. The zero-order valence-electron chi connectivity index (χ0n) is 17.2. The lowest BCUT2D eigenvalue weighted by molar-refractivity contribution is 0.372. The predicted octanol–water partition coefficient (Wildman–Crippen LogP) is 2.71. The molecule has 0 unspecified atom stereocenters. The second kappa shape index (κ2) is 9.73. The van der Waals surface area contributed by atoms with Gasteiger partial charge in [0.2, 0.25) is 5.13 Å². The molecule has 1 saturated heterocycles. The first-order valence-corrected chi connectivity index (χ1v) is 10.7. The topological polar surface area (TPSA) is 65.9 Å². The maximum absolute atomic E-state index is 5.43. The van der Waals surface area contributed by atoms with Gasteiger partial charge in [-0.2, -0.15) is 4.37 Å². The van der Waals surface area contributed by atoms with E-state index in [-0.39, 0.29) is 0 Å². The van der Waals surface area contributed by atoms with E-state index in [2.05, 4.69) is 63.4 Å². The minimum atomic E-state index is 0.634. The number of aryl methyl sites for hydroxylation is 2. The standard InChI is InChI=1S/C20H30N6OS/c1-5-18-23-20(28-24-18)26-11-9-25(10-12-26)19(21-6-2)22-14-16-8-7-15(3)17(13-16)27-4/h7-8,13H,5-6,9-12,14H2,1-4H3,(H,21,22). The number of methoxy groups -OCH3 is 1. The van der Waals surface area contributed by atoms with Crippen LogP contribution in [0.5, 0.6) is 5.75 Å². The van der Waals surface area contributed by atoms with Gasteiger partial charge in [0, 0.05) is 50.7 Å². The summed E-state index contributed by atoms with van der Waals surface area (Å²) in [5.74, 6) is 2.81. The number of piperazine rings is 1. The fraction of sp³-hybridized carbons (Fsp3) is 0.550. The van der Waals surface area contributed by atoms with E-state index in [9.17, 15) is 0 Å². The Bertz CT molecular complexity index is 798. The first kappa shape index (κ1) is 20.4. The van der Waals surface area contributed by atoms with Crippen LogP contribution in [-0.4, -0.2) is 60.1 Å². The molecule has 1 aromatic heterocycles. The average Bonchev–Trinajstić information content (AvgIpc) is 3.21. The summed E-state index contributed by atoms with van der Waals surface area (Å²) in [4.78, 5) is 14.1. The lowest BCUT2D eigenvalue weighted by Crippen LogP contribution is -2.52. The molecule has 0 bridgehead atoms. The quantitative estimate of drug-likeness (QED) is 0.592. The Balaban J connectivity index is 1.63. The molecule has 28 heavy (non-hydrogen) atoms. The third-order valence-corrected chi connectivity index (χ3v) is 5.66. The predicted molar refractivity (Wildman–Crippen MR) is 116 cm³/mol. The van der Waals surface area contributed by atoms with Crippen LogP contribution in [0.3, 0.4) is 0 Å². The normalized spacial score (nSPS) is 15.1. The van der Waals surface area contributed by atoms with E-state index < -0.39 is 0 Å². The van der Waals surface area contributed by atoms with E-state index in [0.29, 0.717) is 6.54 Å². The van der Waals surface area contributed by atoms with Crippen molar-refractivity contribution in [2.24, 2.45) is 4.99 Å². The third kappa shape index (κ3) is 4.92. The van der Waals surface area contributed by atoms with E-state index in [0.717, 1.165) is 72.9 Å². The molecular formula is C20H30N6OS. The van der Waals surface area contributed by atoms with E-state index in [1.54, 1.807) is 7.11 Å². The van der Waals surface area contributed by atoms with E-state index in [1.165, 1.54) is 11.5 Å². The van der Waals surface area contributed by atoms with E-state index in [1.807, 2.05) is 0 Å². The van der Waals surface area contributed by atoms with Gasteiger partial charge < -0.3 is 19.9 Å². The molecule has 1 fully saturated rings. The molecular weight excluding hydrogens is 372 g/mol. The first-order chi connectivity index (χ1) is 13.6. The minimum absolute atomic E-state index is 0.634. The van der Waals surface area contributed by atoms with Crippen molar-refractivity contribution in [3.63, 3.8) is 0 Å². The molecule has 1 aromatic carbocycles. The lowest BCUT2D eigenvalue weighted by Gasteiger charge is -2.36. The molecule has 0 aliphatic carbocycles. The number of rotatable bonds is 6. The van der Waals surface area contributed by atoms with Gasteiger partial charge in [0.1, 0.15) is 11.6 Å². The van der Waals surface area contributed by atoms with Crippen molar-refractivity contribution in [1.82, 2.24) is 19.6 Å². The zero-order valence-corrected chi connectivity index (χ0v) is 18.1. The Labute approximate surface area is 171 Å². The Kier molecular flexibility index (Phi) is 7.08. The number of guanidine groups is 1. The van der Waals surface area contributed by atoms with Gasteiger partial charge in [-0.05, 0) is 31.0 Å². The number of ether oxygens (including phenoxy) is 1. The van der Waals surface area contributed by atoms with Crippen molar-refractivity contribution in [2.45, 2.75) is 33.7 Å². The highest BCUT2D eigenvalue weighted by Crippen LogP contribution is 2.21. The maximum atomic E-state index is 5.43. The van der Waals surface area contributed by atoms with Crippen molar-refractivity contribution in [3.8, 4) is 5.75 Å². The zero-order chi connectivity index (χ0) is 19.9. The van der Waals surface area contributed by atoms with Crippen LogP contribution >= 0.6 is 11.5 Å². The number of anilines is 1. The number of benzene rings is 1. The van der Waals surface area contributed by atoms with Crippen molar-refractivity contribution >= 4 is 22.6 Å². The number of nitrogens with one attached hydrogen (secondary N) is 1. The molecule has 0 amide bonds. The highest BCUT2D eigenvalue weighted by molar-refractivity contribution is 7.09. The van der Waals surface area contributed by atoms with Gasteiger partial charge in [0.05, 0.1) is 13.7 Å². The summed E-state index contributed by atoms with van der Waals surface area (Å²) in [5.41, 5.74) is 2.29. The van der Waals surface area contributed by atoms with Gasteiger partial charge in [-0.15, -0.1) is 0 Å². The van der Waals surface area contributed by atoms with Crippen LogP contribution in [0.4, 0.5) is 5.13 Å². The average molecular weight is 403 g/mol. The summed E-state index contributed by atoms with van der Waals surface area (Å²) >= 11 is 1.50. The van der Waals surface area contributed by atoms with Gasteiger partial charge in [-0.3, -0.25) is 0 Å². The maximum Gasteiger partial charge on any atom is 0.205 e. The summed E-state index contributed by atoms with van der Waals surface area (Å²) in [6.07, 6.45) is 0.886. The number of aromatic nitrogens is 2. The molecule has 0 saturated carbocycles. The molecule has 7 nitrogen and oxygen atoms in total. The molecule has 1 aliphatic rings. The van der Waals surface area contributed by atoms with Gasteiger partial charge in [-0.1, -0.05) is 19.1 Å². The Hall–Kier alpha value is -2.35. The van der Waals surface area contributed by atoms with Crippen LogP contribution in [0, 0.1) is 6.92 Å².